The van der Waals surface area contributed by atoms with Gasteiger partial charge in [0.25, 0.3) is 0 Å². The van der Waals surface area contributed by atoms with Gasteiger partial charge in [0.2, 0.25) is 0 Å². The number of benzene rings is 7. The molecule has 4 heteroatoms. The molecule has 3 heterocycles. The Hall–Kier alpha value is -6.52. The van der Waals surface area contributed by atoms with E-state index < -0.39 is 0 Å². The second-order valence-corrected chi connectivity index (χ2v) is 12.3. The minimum Gasteiger partial charge on any atom is -0.254 e. The predicted octanol–water partition coefficient (Wildman–Crippen LogP) is 11.1. The molecule has 0 aliphatic carbocycles. The van der Waals surface area contributed by atoms with Gasteiger partial charge >= 0.3 is 0 Å². The maximum atomic E-state index is 5.26. The normalized spacial score (nSPS) is 11.8. The molecule has 0 fully saturated rings. The van der Waals surface area contributed by atoms with Crippen LogP contribution in [-0.2, 0) is 0 Å². The highest BCUT2D eigenvalue weighted by molar-refractivity contribution is 6.27. The Kier molecular flexibility index (Phi) is 5.84. The maximum absolute atomic E-state index is 5.26. The third-order valence-electron chi connectivity index (χ3n) is 9.52. The van der Waals surface area contributed by atoms with Crippen LogP contribution in [0.5, 0.6) is 0 Å². The average Bonchev–Trinajstić information content (AvgIpc) is 3.17. The fourth-order valence-electron chi connectivity index (χ4n) is 7.33. The Morgan fingerprint density at radius 3 is 1.81 bits per heavy atom. The molecule has 0 saturated carbocycles. The molecule has 3 aromatic heterocycles. The van der Waals surface area contributed by atoms with E-state index in [-0.39, 0.29) is 0 Å². The van der Waals surface area contributed by atoms with E-state index >= 15 is 0 Å². The molecule has 48 heavy (non-hydrogen) atoms. The highest BCUT2D eigenvalue weighted by Gasteiger charge is 2.17. The molecule has 7 aromatic carbocycles. The average molecular weight is 611 g/mol. The molecule has 0 bridgehead atoms. The molecule has 0 atom stereocenters. The number of hydrogen-bond acceptors (Lipinski definition) is 4. The van der Waals surface area contributed by atoms with Crippen LogP contribution >= 0.6 is 0 Å². The molecule has 10 rings (SSSR count). The molecule has 0 amide bonds. The van der Waals surface area contributed by atoms with Gasteiger partial charge in [-0.05, 0) is 97.0 Å². The topological polar surface area (TPSA) is 51.6 Å². The number of nitrogens with zero attached hydrogens (tertiary/aromatic N) is 4. The maximum Gasteiger partial charge on any atom is 0.159 e. The largest absolute Gasteiger partial charge is 0.254 e. The van der Waals surface area contributed by atoms with Crippen LogP contribution in [-0.4, -0.2) is 19.9 Å². The minimum absolute atomic E-state index is 0.715. The van der Waals surface area contributed by atoms with Gasteiger partial charge in [0, 0.05) is 40.5 Å². The van der Waals surface area contributed by atoms with Crippen LogP contribution < -0.4 is 0 Å². The molecule has 0 spiro atoms. The first-order chi connectivity index (χ1) is 23.8. The molecular formula is C44H26N4. The predicted molar refractivity (Wildman–Crippen MR) is 198 cm³/mol. The summed E-state index contributed by atoms with van der Waals surface area (Å²) in [6, 6.07) is 49.6. The van der Waals surface area contributed by atoms with E-state index in [0.29, 0.717) is 5.82 Å². The number of aromatic nitrogens is 4. The van der Waals surface area contributed by atoms with E-state index in [4.69, 9.17) is 9.97 Å². The molecule has 0 unspecified atom stereocenters. The lowest BCUT2D eigenvalue weighted by molar-refractivity contribution is 1.18. The van der Waals surface area contributed by atoms with E-state index in [0.717, 1.165) is 49.8 Å². The first-order valence-corrected chi connectivity index (χ1v) is 16.1. The fraction of sp³-hybridized carbons (Fsp3) is 0. The number of pyridine rings is 2. The first kappa shape index (κ1) is 26.7. The van der Waals surface area contributed by atoms with Crippen LogP contribution in [0.1, 0.15) is 0 Å². The van der Waals surface area contributed by atoms with E-state index in [2.05, 4.69) is 131 Å². The van der Waals surface area contributed by atoms with Gasteiger partial charge in [-0.2, -0.15) is 0 Å². The van der Waals surface area contributed by atoms with Crippen LogP contribution in [0.3, 0.4) is 0 Å². The van der Waals surface area contributed by atoms with Crippen molar-refractivity contribution in [2.24, 2.45) is 0 Å². The lowest BCUT2D eigenvalue weighted by atomic mass is 9.87. The number of rotatable bonds is 4. The van der Waals surface area contributed by atoms with Gasteiger partial charge < -0.3 is 0 Å². The molecule has 10 aromatic rings. The molecule has 222 valence electrons. The van der Waals surface area contributed by atoms with Crippen LogP contribution in [0.2, 0.25) is 0 Å². The van der Waals surface area contributed by atoms with Crippen LogP contribution in [0.4, 0.5) is 0 Å². The lowest BCUT2D eigenvalue weighted by Crippen LogP contribution is -1.93. The zero-order valence-corrected chi connectivity index (χ0v) is 25.8. The highest BCUT2D eigenvalue weighted by Crippen LogP contribution is 2.43. The summed E-state index contributed by atoms with van der Waals surface area (Å²) in [6.45, 7) is 0. The summed E-state index contributed by atoms with van der Waals surface area (Å²) >= 11 is 0. The fourth-order valence-corrected chi connectivity index (χ4v) is 7.33. The molecular weight excluding hydrogens is 585 g/mol. The summed E-state index contributed by atoms with van der Waals surface area (Å²) in [6.07, 6.45) is 5.42. The van der Waals surface area contributed by atoms with Crippen LogP contribution in [0, 0.1) is 0 Å². The summed E-state index contributed by atoms with van der Waals surface area (Å²) in [5, 5.41) is 9.84. The summed E-state index contributed by atoms with van der Waals surface area (Å²) < 4.78 is 0. The van der Waals surface area contributed by atoms with Crippen molar-refractivity contribution in [1.29, 1.82) is 0 Å². The SMILES string of the molecule is c1cnc(-c2cccc(-c3cccc(-c4ccc5cc(-c6cc7cccc8ccc9cccc6c9c87)c6cccnc6c5n4)c3)c2)nc1. The Bertz CT molecular complexity index is 2840. The summed E-state index contributed by atoms with van der Waals surface area (Å²) in [5.41, 5.74) is 9.35. The van der Waals surface area contributed by atoms with Gasteiger partial charge in [0.1, 0.15) is 0 Å². The van der Waals surface area contributed by atoms with Gasteiger partial charge in [0.05, 0.1) is 16.7 Å². The Balaban J connectivity index is 1.13. The van der Waals surface area contributed by atoms with Gasteiger partial charge in [0.15, 0.2) is 5.82 Å². The van der Waals surface area contributed by atoms with Gasteiger partial charge in [-0.15, -0.1) is 0 Å². The Labute approximate surface area is 276 Å². The zero-order valence-electron chi connectivity index (χ0n) is 25.8. The monoisotopic (exact) mass is 610 g/mol. The van der Waals surface area contributed by atoms with Gasteiger partial charge in [-0.1, -0.05) is 97.1 Å². The molecule has 0 aliphatic heterocycles. The van der Waals surface area contributed by atoms with Crippen molar-refractivity contribution in [2.45, 2.75) is 0 Å². The molecule has 4 nitrogen and oxygen atoms in total. The second-order valence-electron chi connectivity index (χ2n) is 12.3. The summed E-state index contributed by atoms with van der Waals surface area (Å²) in [7, 11) is 0. The third kappa shape index (κ3) is 4.16. The van der Waals surface area contributed by atoms with Crippen molar-refractivity contribution < 1.29 is 0 Å². The van der Waals surface area contributed by atoms with Crippen molar-refractivity contribution in [1.82, 2.24) is 19.9 Å². The van der Waals surface area contributed by atoms with Gasteiger partial charge in [-0.3, -0.25) is 4.98 Å². The number of hydrogen-bond donors (Lipinski definition) is 0. The van der Waals surface area contributed by atoms with Crippen LogP contribution in [0.15, 0.2) is 158 Å². The van der Waals surface area contributed by atoms with Crippen molar-refractivity contribution in [2.75, 3.05) is 0 Å². The number of fused-ring (bicyclic) bond motifs is 3. The Morgan fingerprint density at radius 1 is 0.354 bits per heavy atom. The van der Waals surface area contributed by atoms with Crippen molar-refractivity contribution in [3.8, 4) is 44.9 Å². The molecule has 0 radical (unpaired) electrons. The zero-order chi connectivity index (χ0) is 31.6. The standard InChI is InChI=1S/C44H26N4/c1-7-27-16-17-28-8-4-14-35-37(25-32(12-1)40(27)41(28)35)38-26-33-18-19-39(48-42(33)43-36(38)15-5-20-45-43)31-11-2-9-29(23-31)30-10-3-13-34(24-30)44-46-21-6-22-47-44/h1-26H. The third-order valence-corrected chi connectivity index (χ3v) is 9.52. The van der Waals surface area contributed by atoms with E-state index in [1.54, 1.807) is 12.4 Å². The van der Waals surface area contributed by atoms with Gasteiger partial charge in [-0.25, -0.2) is 15.0 Å². The van der Waals surface area contributed by atoms with Crippen molar-refractivity contribution in [3.63, 3.8) is 0 Å². The quantitative estimate of drug-likeness (QED) is 0.186. The first-order valence-electron chi connectivity index (χ1n) is 16.1. The molecule has 0 saturated heterocycles. The minimum atomic E-state index is 0.715. The smallest absolute Gasteiger partial charge is 0.159 e. The van der Waals surface area contributed by atoms with Crippen LogP contribution in [0.25, 0.3) is 99.0 Å². The molecule has 0 aliphatic rings. The molecule has 0 N–H and O–H groups in total. The Morgan fingerprint density at radius 2 is 0.958 bits per heavy atom. The van der Waals surface area contributed by atoms with Crippen molar-refractivity contribution >= 4 is 54.1 Å². The van der Waals surface area contributed by atoms with Crippen molar-refractivity contribution in [3.05, 3.63) is 158 Å². The second kappa shape index (κ2) is 10.5. The lowest BCUT2D eigenvalue weighted by Gasteiger charge is -2.17. The van der Waals surface area contributed by atoms with E-state index in [1.807, 2.05) is 24.4 Å². The van der Waals surface area contributed by atoms with E-state index in [9.17, 15) is 0 Å². The summed E-state index contributed by atoms with van der Waals surface area (Å²) in [4.78, 5) is 19.1. The summed E-state index contributed by atoms with van der Waals surface area (Å²) in [5.74, 6) is 0.715. The van der Waals surface area contributed by atoms with E-state index in [1.165, 1.54) is 43.4 Å². The highest BCUT2D eigenvalue weighted by atomic mass is 14.8.